The third-order valence-corrected chi connectivity index (χ3v) is 6.15. The summed E-state index contributed by atoms with van der Waals surface area (Å²) in [4.78, 5) is 24.4. The molecule has 0 N–H and O–H groups in total. The van der Waals surface area contributed by atoms with Crippen molar-refractivity contribution in [2.75, 3.05) is 4.90 Å². The van der Waals surface area contributed by atoms with Crippen molar-refractivity contribution in [1.82, 2.24) is 9.97 Å². The van der Waals surface area contributed by atoms with Crippen molar-refractivity contribution in [2.24, 2.45) is 0 Å². The van der Waals surface area contributed by atoms with Gasteiger partial charge in [0.15, 0.2) is 5.13 Å². The third-order valence-electron chi connectivity index (χ3n) is 4.94. The Balaban J connectivity index is 1.83. The molecule has 4 aromatic rings. The minimum Gasteiger partial charge on any atom is -0.279 e. The zero-order valence-electron chi connectivity index (χ0n) is 17.1. The number of aryl methyl sites for hydroxylation is 4. The Kier molecular flexibility index (Phi) is 5.16. The van der Waals surface area contributed by atoms with E-state index in [2.05, 4.69) is 37.0 Å². The maximum Gasteiger partial charge on any atom is 0.260 e. The summed E-state index contributed by atoms with van der Waals surface area (Å²) >= 11 is 1.57. The number of hydrogen-bond acceptors (Lipinski definition) is 4. The zero-order valence-corrected chi connectivity index (χ0v) is 17.9. The molecular weight excluding hydrogens is 378 g/mol. The predicted molar refractivity (Wildman–Crippen MR) is 120 cm³/mol. The van der Waals surface area contributed by atoms with Crippen LogP contribution in [0.4, 0.5) is 5.13 Å². The summed E-state index contributed by atoms with van der Waals surface area (Å²) in [5.74, 6) is -0.0463. The van der Waals surface area contributed by atoms with Crippen LogP contribution in [0, 0.1) is 27.7 Å². The van der Waals surface area contributed by atoms with Gasteiger partial charge in [-0.2, -0.15) is 0 Å². The number of carbonyl (C=O) groups excluding carboxylic acids is 1. The average molecular weight is 402 g/mol. The van der Waals surface area contributed by atoms with Crippen LogP contribution in [0.3, 0.4) is 0 Å². The van der Waals surface area contributed by atoms with E-state index in [0.29, 0.717) is 17.2 Å². The maximum absolute atomic E-state index is 13.6. The Hall–Kier alpha value is -3.05. The Morgan fingerprint density at radius 2 is 1.72 bits per heavy atom. The van der Waals surface area contributed by atoms with Gasteiger partial charge < -0.3 is 0 Å². The first kappa shape index (κ1) is 19.3. The van der Waals surface area contributed by atoms with Gasteiger partial charge in [0, 0.05) is 18.0 Å². The van der Waals surface area contributed by atoms with Crippen molar-refractivity contribution in [3.05, 3.63) is 88.2 Å². The fourth-order valence-electron chi connectivity index (χ4n) is 3.52. The van der Waals surface area contributed by atoms with Crippen LogP contribution in [0.15, 0.2) is 54.9 Å². The van der Waals surface area contributed by atoms with Gasteiger partial charge in [0.2, 0.25) is 0 Å². The summed E-state index contributed by atoms with van der Waals surface area (Å²) in [6, 6.07) is 14.0. The minimum atomic E-state index is -0.0463. The standard InChI is InChI=1S/C24H23N3OS/c1-15-10-16(2)12-20(11-15)23(28)27(14-19-6-5-9-25-13-19)24-26-21-17(3)7-8-18(4)22(21)29-24/h5-13H,14H2,1-4H3. The molecule has 0 aliphatic heterocycles. The minimum absolute atomic E-state index is 0.0463. The van der Waals surface area contributed by atoms with Gasteiger partial charge in [-0.25, -0.2) is 4.98 Å². The molecule has 0 saturated carbocycles. The van der Waals surface area contributed by atoms with Crippen molar-refractivity contribution in [1.29, 1.82) is 0 Å². The Morgan fingerprint density at radius 3 is 2.38 bits per heavy atom. The number of nitrogens with zero attached hydrogens (tertiary/aromatic N) is 3. The highest BCUT2D eigenvalue weighted by molar-refractivity contribution is 7.22. The lowest BCUT2D eigenvalue weighted by Crippen LogP contribution is -2.30. The van der Waals surface area contributed by atoms with Gasteiger partial charge in [-0.3, -0.25) is 14.7 Å². The van der Waals surface area contributed by atoms with E-state index in [1.807, 2.05) is 38.1 Å². The molecule has 1 amide bonds. The molecule has 0 spiro atoms. The molecule has 5 heteroatoms. The van der Waals surface area contributed by atoms with Crippen LogP contribution in [0.2, 0.25) is 0 Å². The van der Waals surface area contributed by atoms with Crippen LogP contribution < -0.4 is 4.90 Å². The van der Waals surface area contributed by atoms with Crippen molar-refractivity contribution in [2.45, 2.75) is 34.2 Å². The van der Waals surface area contributed by atoms with Crippen LogP contribution in [0.5, 0.6) is 0 Å². The smallest absolute Gasteiger partial charge is 0.260 e. The number of hydrogen-bond donors (Lipinski definition) is 0. The summed E-state index contributed by atoms with van der Waals surface area (Å²) in [7, 11) is 0. The molecule has 0 radical (unpaired) electrons. The van der Waals surface area contributed by atoms with E-state index in [9.17, 15) is 4.79 Å². The van der Waals surface area contributed by atoms with Crippen molar-refractivity contribution < 1.29 is 4.79 Å². The lowest BCUT2D eigenvalue weighted by Gasteiger charge is -2.20. The van der Waals surface area contributed by atoms with E-state index in [1.54, 1.807) is 28.6 Å². The largest absolute Gasteiger partial charge is 0.279 e. The number of anilines is 1. The number of thiazole rings is 1. The van der Waals surface area contributed by atoms with Gasteiger partial charge in [0.25, 0.3) is 5.91 Å². The van der Waals surface area contributed by atoms with Gasteiger partial charge in [-0.1, -0.05) is 46.7 Å². The van der Waals surface area contributed by atoms with Crippen LogP contribution in [0.25, 0.3) is 10.2 Å². The molecule has 0 aliphatic carbocycles. The first-order chi connectivity index (χ1) is 13.9. The molecule has 0 unspecified atom stereocenters. The topological polar surface area (TPSA) is 46.1 Å². The summed E-state index contributed by atoms with van der Waals surface area (Å²) in [5, 5.41) is 0.713. The second-order valence-electron chi connectivity index (χ2n) is 7.50. The highest BCUT2D eigenvalue weighted by Gasteiger charge is 2.23. The summed E-state index contributed by atoms with van der Waals surface area (Å²) in [6.07, 6.45) is 3.54. The Bertz CT molecular complexity index is 1140. The molecule has 0 aliphatic rings. The number of rotatable bonds is 4. The van der Waals surface area contributed by atoms with Crippen LogP contribution >= 0.6 is 11.3 Å². The molecule has 0 saturated heterocycles. The van der Waals surface area contributed by atoms with E-state index in [1.165, 1.54) is 5.56 Å². The second kappa shape index (κ2) is 7.76. The lowest BCUT2D eigenvalue weighted by atomic mass is 10.1. The fraction of sp³-hybridized carbons (Fsp3) is 0.208. The Morgan fingerprint density at radius 1 is 1.00 bits per heavy atom. The highest BCUT2D eigenvalue weighted by Crippen LogP contribution is 2.34. The van der Waals surface area contributed by atoms with E-state index in [-0.39, 0.29) is 5.91 Å². The number of carbonyl (C=O) groups is 1. The maximum atomic E-state index is 13.6. The fourth-order valence-corrected chi connectivity index (χ4v) is 4.63. The lowest BCUT2D eigenvalue weighted by molar-refractivity contribution is 0.0985. The number of aromatic nitrogens is 2. The van der Waals surface area contributed by atoms with Gasteiger partial charge in [-0.15, -0.1) is 0 Å². The van der Waals surface area contributed by atoms with Crippen molar-refractivity contribution >= 4 is 32.6 Å². The van der Waals surface area contributed by atoms with E-state index in [0.717, 1.165) is 32.5 Å². The number of pyridine rings is 1. The molecule has 4 rings (SSSR count). The highest BCUT2D eigenvalue weighted by atomic mass is 32.1. The molecule has 29 heavy (non-hydrogen) atoms. The van der Waals surface area contributed by atoms with Gasteiger partial charge in [0.05, 0.1) is 16.8 Å². The molecular formula is C24H23N3OS. The molecule has 0 bridgehead atoms. The molecule has 2 aromatic carbocycles. The third kappa shape index (κ3) is 3.91. The van der Waals surface area contributed by atoms with Crippen molar-refractivity contribution in [3.8, 4) is 0 Å². The average Bonchev–Trinajstić information content (AvgIpc) is 3.15. The summed E-state index contributed by atoms with van der Waals surface area (Å²) in [6.45, 7) is 8.60. The molecule has 146 valence electrons. The van der Waals surface area contributed by atoms with Crippen LogP contribution in [-0.2, 0) is 6.54 Å². The van der Waals surface area contributed by atoms with Gasteiger partial charge in [-0.05, 0) is 62.6 Å². The summed E-state index contributed by atoms with van der Waals surface area (Å²) in [5.41, 5.74) is 7.06. The SMILES string of the molecule is Cc1cc(C)cc(C(=O)N(Cc2cccnc2)c2nc3c(C)ccc(C)c3s2)c1. The second-order valence-corrected chi connectivity index (χ2v) is 8.48. The van der Waals surface area contributed by atoms with E-state index >= 15 is 0 Å². The first-order valence-corrected chi connectivity index (χ1v) is 10.4. The van der Waals surface area contributed by atoms with Crippen LogP contribution in [-0.4, -0.2) is 15.9 Å². The van der Waals surface area contributed by atoms with E-state index in [4.69, 9.17) is 4.98 Å². The normalized spacial score (nSPS) is 11.0. The monoisotopic (exact) mass is 401 g/mol. The zero-order chi connectivity index (χ0) is 20.5. The van der Waals surface area contributed by atoms with E-state index < -0.39 is 0 Å². The number of fused-ring (bicyclic) bond motifs is 1. The molecule has 2 heterocycles. The first-order valence-electron chi connectivity index (χ1n) is 9.58. The van der Waals surface area contributed by atoms with Crippen molar-refractivity contribution in [3.63, 3.8) is 0 Å². The van der Waals surface area contributed by atoms with Gasteiger partial charge >= 0.3 is 0 Å². The Labute approximate surface area is 174 Å². The van der Waals surface area contributed by atoms with Gasteiger partial charge in [0.1, 0.15) is 0 Å². The predicted octanol–water partition coefficient (Wildman–Crippen LogP) is 5.77. The number of amides is 1. The molecule has 0 atom stereocenters. The molecule has 4 nitrogen and oxygen atoms in total. The number of benzene rings is 2. The van der Waals surface area contributed by atoms with Crippen LogP contribution in [0.1, 0.15) is 38.2 Å². The quantitative estimate of drug-likeness (QED) is 0.436. The molecule has 0 fully saturated rings. The molecule has 2 aromatic heterocycles. The summed E-state index contributed by atoms with van der Waals surface area (Å²) < 4.78 is 1.13.